The summed E-state index contributed by atoms with van der Waals surface area (Å²) in [5, 5.41) is 26.1. The largest absolute Gasteiger partial charge is 0.389 e. The van der Waals surface area contributed by atoms with E-state index < -0.39 is 12.2 Å². The van der Waals surface area contributed by atoms with Crippen molar-refractivity contribution in [2.24, 2.45) is 5.92 Å². The Kier molecular flexibility index (Phi) is 5.58. The van der Waals surface area contributed by atoms with Gasteiger partial charge in [-0.15, -0.1) is 0 Å². The van der Waals surface area contributed by atoms with E-state index in [9.17, 15) is 10.2 Å². The van der Waals surface area contributed by atoms with Crippen LogP contribution in [-0.4, -0.2) is 47.6 Å². The van der Waals surface area contributed by atoms with Gasteiger partial charge in [0.15, 0.2) is 0 Å². The molecule has 0 radical (unpaired) electrons. The van der Waals surface area contributed by atoms with E-state index in [0.29, 0.717) is 5.92 Å². The van der Waals surface area contributed by atoms with E-state index in [-0.39, 0.29) is 12.1 Å². The van der Waals surface area contributed by atoms with Crippen LogP contribution in [0, 0.1) is 5.92 Å². The van der Waals surface area contributed by atoms with E-state index in [2.05, 4.69) is 34.9 Å². The van der Waals surface area contributed by atoms with Gasteiger partial charge >= 0.3 is 0 Å². The van der Waals surface area contributed by atoms with E-state index in [0.717, 1.165) is 19.5 Å². The van der Waals surface area contributed by atoms with Gasteiger partial charge in [0.05, 0.1) is 12.2 Å². The van der Waals surface area contributed by atoms with Gasteiger partial charge in [0.1, 0.15) is 0 Å². The number of allylic oxidation sites excluding steroid dienone is 4. The molecule has 0 aromatic carbocycles. The maximum Gasteiger partial charge on any atom is 0.0967 e. The lowest BCUT2D eigenvalue weighted by Gasteiger charge is -2.16. The van der Waals surface area contributed by atoms with Crippen molar-refractivity contribution in [1.29, 1.82) is 0 Å². The lowest BCUT2D eigenvalue weighted by atomic mass is 10.1. The van der Waals surface area contributed by atoms with E-state index in [1.807, 2.05) is 6.92 Å². The van der Waals surface area contributed by atoms with Crippen LogP contribution in [0.25, 0.3) is 0 Å². The van der Waals surface area contributed by atoms with Crippen LogP contribution in [0.3, 0.4) is 0 Å². The molecule has 0 aromatic rings. The molecule has 0 unspecified atom stereocenters. The molecule has 4 heteroatoms. The maximum absolute atomic E-state index is 9.82. The van der Waals surface area contributed by atoms with Crippen LogP contribution in [0.2, 0.25) is 0 Å². The predicted octanol–water partition coefficient (Wildman–Crippen LogP) is 0.571. The van der Waals surface area contributed by atoms with Gasteiger partial charge in [0, 0.05) is 12.1 Å². The summed E-state index contributed by atoms with van der Waals surface area (Å²) in [6, 6.07) is -0.000797. The minimum absolute atomic E-state index is 0.0122. The Labute approximate surface area is 115 Å². The number of hydrogen-bond donors (Lipinski definition) is 4. The molecule has 1 heterocycles. The highest BCUT2D eigenvalue weighted by molar-refractivity contribution is 5.17. The zero-order chi connectivity index (χ0) is 13.7. The van der Waals surface area contributed by atoms with Crippen molar-refractivity contribution in [3.8, 4) is 0 Å². The molecule has 0 bridgehead atoms. The van der Waals surface area contributed by atoms with Crippen molar-refractivity contribution in [2.45, 2.75) is 50.5 Å². The van der Waals surface area contributed by atoms with Crippen molar-refractivity contribution < 1.29 is 10.2 Å². The lowest BCUT2D eigenvalue weighted by Crippen LogP contribution is -2.36. The Hall–Kier alpha value is -0.680. The molecule has 0 amide bonds. The van der Waals surface area contributed by atoms with Gasteiger partial charge < -0.3 is 20.8 Å². The molecular weight excluding hydrogens is 240 g/mol. The van der Waals surface area contributed by atoms with E-state index in [1.165, 1.54) is 12.8 Å². The molecule has 4 N–H and O–H groups in total. The summed E-state index contributed by atoms with van der Waals surface area (Å²) in [5.74, 6) is 0.621. The summed E-state index contributed by atoms with van der Waals surface area (Å²) >= 11 is 0. The third kappa shape index (κ3) is 4.14. The third-order valence-electron chi connectivity index (χ3n) is 4.10. The monoisotopic (exact) mass is 266 g/mol. The van der Waals surface area contributed by atoms with E-state index >= 15 is 0 Å². The molecule has 4 atom stereocenters. The third-order valence-corrected chi connectivity index (χ3v) is 4.10. The second kappa shape index (κ2) is 7.20. The van der Waals surface area contributed by atoms with Crippen molar-refractivity contribution in [2.75, 3.05) is 13.1 Å². The number of hydrogen-bond acceptors (Lipinski definition) is 4. The molecule has 19 heavy (non-hydrogen) atoms. The van der Waals surface area contributed by atoms with Gasteiger partial charge in [-0.3, -0.25) is 0 Å². The van der Waals surface area contributed by atoms with Crippen LogP contribution in [0.15, 0.2) is 24.3 Å². The number of nitrogens with one attached hydrogen (secondary N) is 2. The molecule has 1 aliphatic carbocycles. The molecule has 0 saturated carbocycles. The fourth-order valence-electron chi connectivity index (χ4n) is 2.84. The Morgan fingerprint density at radius 1 is 1.05 bits per heavy atom. The molecule has 4 nitrogen and oxygen atoms in total. The fraction of sp³-hybridized carbons (Fsp3) is 0.733. The van der Waals surface area contributed by atoms with Crippen LogP contribution in [0.1, 0.15) is 26.2 Å². The first kappa shape index (κ1) is 14.7. The second-order valence-corrected chi connectivity index (χ2v) is 5.66. The summed E-state index contributed by atoms with van der Waals surface area (Å²) in [6.07, 6.45) is 10.6. The highest BCUT2D eigenvalue weighted by Gasteiger charge is 2.37. The maximum atomic E-state index is 9.82. The van der Waals surface area contributed by atoms with Crippen LogP contribution in [0.5, 0.6) is 0 Å². The second-order valence-electron chi connectivity index (χ2n) is 5.66. The Bertz CT molecular complexity index is 318. The van der Waals surface area contributed by atoms with Gasteiger partial charge in [-0.1, -0.05) is 24.3 Å². The average Bonchev–Trinajstić information content (AvgIpc) is 2.99. The first-order chi connectivity index (χ1) is 9.18. The quantitative estimate of drug-likeness (QED) is 0.509. The van der Waals surface area contributed by atoms with E-state index in [4.69, 9.17) is 0 Å². The van der Waals surface area contributed by atoms with Crippen LogP contribution < -0.4 is 10.6 Å². The normalized spacial score (nSPS) is 34.5. The molecule has 2 rings (SSSR count). The van der Waals surface area contributed by atoms with Gasteiger partial charge in [0.25, 0.3) is 0 Å². The van der Waals surface area contributed by atoms with Crippen molar-refractivity contribution >= 4 is 0 Å². The molecule has 108 valence electrons. The van der Waals surface area contributed by atoms with Gasteiger partial charge in [-0.25, -0.2) is 0 Å². The van der Waals surface area contributed by atoms with Crippen molar-refractivity contribution in [3.63, 3.8) is 0 Å². The summed E-state index contributed by atoms with van der Waals surface area (Å²) in [5.41, 5.74) is 0. The number of aliphatic hydroxyl groups excluding tert-OH is 2. The SMILES string of the molecule is C[C@@H]1N[C@@H](CCNCCCC2C=CC=C2)[C@H](O)[C@@H]1O. The first-order valence-corrected chi connectivity index (χ1v) is 7.36. The Balaban J connectivity index is 1.50. The predicted molar refractivity (Wildman–Crippen MR) is 76.9 cm³/mol. The van der Waals surface area contributed by atoms with Crippen molar-refractivity contribution in [1.82, 2.24) is 10.6 Å². The zero-order valence-electron chi connectivity index (χ0n) is 11.6. The molecule has 2 aliphatic rings. The van der Waals surface area contributed by atoms with Crippen LogP contribution in [0.4, 0.5) is 0 Å². The smallest absolute Gasteiger partial charge is 0.0967 e. The minimum Gasteiger partial charge on any atom is -0.389 e. The summed E-state index contributed by atoms with van der Waals surface area (Å²) < 4.78 is 0. The number of aliphatic hydroxyl groups is 2. The molecule has 1 aliphatic heterocycles. The lowest BCUT2D eigenvalue weighted by molar-refractivity contribution is 0.0293. The Morgan fingerprint density at radius 3 is 2.42 bits per heavy atom. The van der Waals surface area contributed by atoms with E-state index in [1.54, 1.807) is 0 Å². The molecule has 0 spiro atoms. The highest BCUT2D eigenvalue weighted by Crippen LogP contribution is 2.16. The summed E-state index contributed by atoms with van der Waals surface area (Å²) in [7, 11) is 0. The molecule has 1 saturated heterocycles. The minimum atomic E-state index is -0.634. The van der Waals surface area contributed by atoms with Crippen LogP contribution in [-0.2, 0) is 0 Å². The molecular formula is C15H26N2O2. The van der Waals surface area contributed by atoms with Crippen molar-refractivity contribution in [3.05, 3.63) is 24.3 Å². The van der Waals surface area contributed by atoms with Gasteiger partial charge in [-0.05, 0) is 45.2 Å². The molecule has 1 fully saturated rings. The topological polar surface area (TPSA) is 64.5 Å². The highest BCUT2D eigenvalue weighted by atomic mass is 16.3. The Morgan fingerprint density at radius 2 is 1.79 bits per heavy atom. The first-order valence-electron chi connectivity index (χ1n) is 7.36. The summed E-state index contributed by atoms with van der Waals surface area (Å²) in [4.78, 5) is 0. The molecule has 0 aromatic heterocycles. The number of rotatable bonds is 7. The van der Waals surface area contributed by atoms with Gasteiger partial charge in [0.2, 0.25) is 0 Å². The van der Waals surface area contributed by atoms with Gasteiger partial charge in [-0.2, -0.15) is 0 Å². The standard InChI is InChI=1S/C15H26N2O2/c1-11-14(18)15(19)13(17-11)8-10-16-9-4-7-12-5-2-3-6-12/h2-3,5-6,11-19H,4,7-10H2,1H3/t11-,13-,14+,15-/m0/s1. The fourth-order valence-corrected chi connectivity index (χ4v) is 2.84. The van der Waals surface area contributed by atoms with Crippen LogP contribution >= 0.6 is 0 Å². The average molecular weight is 266 g/mol. The zero-order valence-corrected chi connectivity index (χ0v) is 11.6. The summed E-state index contributed by atoms with van der Waals surface area (Å²) in [6.45, 7) is 3.80.